The fraction of sp³-hybridized carbons (Fsp3) is 0.423. The molecule has 0 radical (unpaired) electrons. The van der Waals surface area contributed by atoms with Gasteiger partial charge in [0.2, 0.25) is 0 Å². The van der Waals surface area contributed by atoms with Crippen LogP contribution in [-0.2, 0) is 12.1 Å². The number of aliphatic hydroxyl groups is 1. The Labute approximate surface area is 187 Å². The summed E-state index contributed by atoms with van der Waals surface area (Å²) in [6, 6.07) is 14.2. The van der Waals surface area contributed by atoms with Crippen LogP contribution in [0.2, 0.25) is 0 Å². The Morgan fingerprint density at radius 1 is 1.00 bits per heavy atom. The van der Waals surface area contributed by atoms with E-state index in [1.165, 1.54) is 12.5 Å². The molecule has 5 rings (SSSR count). The molecule has 168 valence electrons. The highest BCUT2D eigenvalue weighted by atomic mass is 19.1. The molecule has 2 aromatic carbocycles. The second-order valence-corrected chi connectivity index (χ2v) is 9.15. The quantitative estimate of drug-likeness (QED) is 0.645. The van der Waals surface area contributed by atoms with Crippen LogP contribution in [0.25, 0.3) is 11.0 Å². The highest BCUT2D eigenvalue weighted by molar-refractivity contribution is 5.96. The van der Waals surface area contributed by atoms with Crippen LogP contribution in [-0.4, -0.2) is 47.0 Å². The van der Waals surface area contributed by atoms with E-state index in [9.17, 15) is 14.3 Å². The predicted molar refractivity (Wildman–Crippen MR) is 121 cm³/mol. The summed E-state index contributed by atoms with van der Waals surface area (Å²) in [5.41, 5.74) is 1.55. The Bertz CT molecular complexity index is 1110. The lowest BCUT2D eigenvalue weighted by molar-refractivity contribution is -0.0276. The first-order valence-corrected chi connectivity index (χ1v) is 11.5. The molecule has 2 saturated heterocycles. The molecule has 3 heterocycles. The Balaban J connectivity index is 1.28. The summed E-state index contributed by atoms with van der Waals surface area (Å²) in [6.07, 6.45) is 4.46. The van der Waals surface area contributed by atoms with Crippen molar-refractivity contribution in [3.05, 3.63) is 71.2 Å². The highest BCUT2D eigenvalue weighted by Crippen LogP contribution is 2.35. The van der Waals surface area contributed by atoms with E-state index in [4.69, 9.17) is 4.42 Å². The third-order valence-electron chi connectivity index (χ3n) is 6.89. The number of piperidine rings is 2. The van der Waals surface area contributed by atoms with Crippen molar-refractivity contribution in [2.45, 2.75) is 44.2 Å². The van der Waals surface area contributed by atoms with Crippen molar-refractivity contribution in [1.29, 1.82) is 0 Å². The minimum atomic E-state index is -0.916. The summed E-state index contributed by atoms with van der Waals surface area (Å²) >= 11 is 0. The molecular weight excluding hydrogens is 407 g/mol. The maximum absolute atomic E-state index is 13.5. The first-order chi connectivity index (χ1) is 15.5. The van der Waals surface area contributed by atoms with E-state index in [2.05, 4.69) is 4.90 Å². The number of carbonyl (C=O) groups is 1. The van der Waals surface area contributed by atoms with Gasteiger partial charge >= 0.3 is 0 Å². The lowest BCUT2D eigenvalue weighted by atomic mass is 9.84. The predicted octanol–water partition coefficient (Wildman–Crippen LogP) is 4.68. The lowest BCUT2D eigenvalue weighted by Gasteiger charge is -2.38. The zero-order chi connectivity index (χ0) is 22.1. The molecule has 0 aliphatic carbocycles. The lowest BCUT2D eigenvalue weighted by Crippen LogP contribution is -2.42. The molecular formula is C26H29FN2O3. The summed E-state index contributed by atoms with van der Waals surface area (Å²) in [4.78, 5) is 16.9. The van der Waals surface area contributed by atoms with Gasteiger partial charge in [0.1, 0.15) is 11.4 Å². The van der Waals surface area contributed by atoms with Crippen molar-refractivity contribution >= 4 is 16.9 Å². The van der Waals surface area contributed by atoms with Crippen molar-refractivity contribution < 1.29 is 18.7 Å². The summed E-state index contributed by atoms with van der Waals surface area (Å²) in [5.74, 6) is 0.102. The maximum atomic E-state index is 13.5. The van der Waals surface area contributed by atoms with Crippen LogP contribution in [0.15, 0.2) is 52.9 Å². The van der Waals surface area contributed by atoms with E-state index < -0.39 is 5.60 Å². The van der Waals surface area contributed by atoms with Crippen LogP contribution >= 0.6 is 0 Å². The van der Waals surface area contributed by atoms with Crippen molar-refractivity contribution in [3.8, 4) is 0 Å². The molecule has 1 aromatic heterocycles. The van der Waals surface area contributed by atoms with Gasteiger partial charge < -0.3 is 14.4 Å². The number of furan rings is 1. The van der Waals surface area contributed by atoms with Crippen LogP contribution in [0, 0.1) is 5.82 Å². The number of nitrogens with zero attached hydrogens (tertiary/aromatic N) is 2. The number of hydrogen-bond donors (Lipinski definition) is 1. The average Bonchev–Trinajstić information content (AvgIpc) is 3.24. The maximum Gasteiger partial charge on any atom is 0.289 e. The van der Waals surface area contributed by atoms with E-state index in [1.54, 1.807) is 18.2 Å². The van der Waals surface area contributed by atoms with E-state index >= 15 is 0 Å². The normalized spacial score (nSPS) is 19.4. The van der Waals surface area contributed by atoms with E-state index in [1.807, 2.05) is 29.2 Å². The molecule has 2 fully saturated rings. The Morgan fingerprint density at radius 3 is 2.53 bits per heavy atom. The number of carbonyl (C=O) groups excluding carboxylic acids is 1. The molecule has 32 heavy (non-hydrogen) atoms. The van der Waals surface area contributed by atoms with Gasteiger partial charge in [-0.2, -0.15) is 0 Å². The molecule has 2 aliphatic heterocycles. The fourth-order valence-electron chi connectivity index (χ4n) is 4.95. The smallest absolute Gasteiger partial charge is 0.289 e. The zero-order valence-corrected chi connectivity index (χ0v) is 18.2. The van der Waals surface area contributed by atoms with Crippen molar-refractivity contribution in [2.24, 2.45) is 0 Å². The van der Waals surface area contributed by atoms with Crippen LogP contribution in [0.4, 0.5) is 4.39 Å². The Hall–Kier alpha value is -2.70. The summed E-state index contributed by atoms with van der Waals surface area (Å²) < 4.78 is 19.3. The molecule has 2 aliphatic rings. The molecule has 6 heteroatoms. The SMILES string of the molecule is O=C(c1cc2cc(C3(O)CCN(Cc4cccc(F)c4)CC3)ccc2o1)N1CCCCC1. The fourth-order valence-corrected chi connectivity index (χ4v) is 4.95. The van der Waals surface area contributed by atoms with Gasteiger partial charge in [-0.15, -0.1) is 0 Å². The van der Waals surface area contributed by atoms with Crippen LogP contribution < -0.4 is 0 Å². The number of halogens is 1. The van der Waals surface area contributed by atoms with Gasteiger partial charge in [-0.3, -0.25) is 9.69 Å². The van der Waals surface area contributed by atoms with Gasteiger partial charge in [0.05, 0.1) is 5.60 Å². The van der Waals surface area contributed by atoms with E-state index in [0.717, 1.165) is 55.5 Å². The molecule has 0 saturated carbocycles. The average molecular weight is 437 g/mol. The number of amides is 1. The second-order valence-electron chi connectivity index (χ2n) is 9.15. The Kier molecular flexibility index (Phi) is 5.74. The number of likely N-dealkylation sites (tertiary alicyclic amines) is 2. The highest BCUT2D eigenvalue weighted by Gasteiger charge is 2.34. The largest absolute Gasteiger partial charge is 0.451 e. The molecule has 1 N–H and O–H groups in total. The monoisotopic (exact) mass is 436 g/mol. The van der Waals surface area contributed by atoms with Gasteiger partial charge in [-0.1, -0.05) is 18.2 Å². The molecule has 0 spiro atoms. The zero-order valence-electron chi connectivity index (χ0n) is 18.2. The number of fused-ring (bicyclic) bond motifs is 1. The van der Waals surface area contributed by atoms with E-state index in [-0.39, 0.29) is 11.7 Å². The number of benzene rings is 2. The van der Waals surface area contributed by atoms with Gasteiger partial charge in [0.15, 0.2) is 5.76 Å². The molecule has 0 unspecified atom stereocenters. The topological polar surface area (TPSA) is 56.9 Å². The summed E-state index contributed by atoms with van der Waals surface area (Å²) in [7, 11) is 0. The van der Waals surface area contributed by atoms with Gasteiger partial charge in [0, 0.05) is 38.1 Å². The second kappa shape index (κ2) is 8.68. The minimum absolute atomic E-state index is 0.0492. The van der Waals surface area contributed by atoms with Crippen molar-refractivity contribution in [2.75, 3.05) is 26.2 Å². The number of rotatable bonds is 4. The van der Waals surface area contributed by atoms with Gasteiger partial charge in [-0.25, -0.2) is 4.39 Å². The minimum Gasteiger partial charge on any atom is -0.451 e. The van der Waals surface area contributed by atoms with Crippen molar-refractivity contribution in [1.82, 2.24) is 9.80 Å². The molecule has 0 bridgehead atoms. The standard InChI is InChI=1S/C26H29FN2O3/c27-22-6-4-5-19(15-22)18-28-13-9-26(31,10-14-28)21-7-8-23-20(16-21)17-24(32-23)25(30)29-11-2-1-3-12-29/h4-8,15-17,31H,1-3,9-14,18H2. The summed E-state index contributed by atoms with van der Waals surface area (Å²) in [5, 5.41) is 12.2. The van der Waals surface area contributed by atoms with Crippen LogP contribution in [0.5, 0.6) is 0 Å². The third kappa shape index (κ3) is 4.30. The van der Waals surface area contributed by atoms with Gasteiger partial charge in [-0.05, 0) is 73.6 Å². The summed E-state index contributed by atoms with van der Waals surface area (Å²) in [6.45, 7) is 3.71. The Morgan fingerprint density at radius 2 is 1.78 bits per heavy atom. The molecule has 5 nitrogen and oxygen atoms in total. The first-order valence-electron chi connectivity index (χ1n) is 11.5. The molecule has 1 amide bonds. The number of hydrogen-bond acceptors (Lipinski definition) is 4. The first kappa shape index (κ1) is 21.2. The van der Waals surface area contributed by atoms with Gasteiger partial charge in [0.25, 0.3) is 5.91 Å². The molecule has 0 atom stereocenters. The van der Waals surface area contributed by atoms with E-state index in [0.29, 0.717) is 30.7 Å². The third-order valence-corrected chi connectivity index (χ3v) is 6.89. The molecule has 3 aromatic rings. The van der Waals surface area contributed by atoms with Crippen molar-refractivity contribution in [3.63, 3.8) is 0 Å². The van der Waals surface area contributed by atoms with Crippen LogP contribution in [0.1, 0.15) is 53.8 Å². The van der Waals surface area contributed by atoms with Crippen LogP contribution in [0.3, 0.4) is 0 Å².